The van der Waals surface area contributed by atoms with E-state index in [0.29, 0.717) is 18.5 Å². The topological polar surface area (TPSA) is 67.4 Å². The molecule has 2 N–H and O–H groups in total. The Kier molecular flexibility index (Phi) is 5.22. The molecule has 0 aliphatic heterocycles. The fourth-order valence-electron chi connectivity index (χ4n) is 3.12. The summed E-state index contributed by atoms with van der Waals surface area (Å²) in [5.74, 6) is 0.239. The van der Waals surface area contributed by atoms with Gasteiger partial charge >= 0.3 is 0 Å². The van der Waals surface area contributed by atoms with Crippen LogP contribution < -0.4 is 15.4 Å². The van der Waals surface area contributed by atoms with Crippen LogP contribution in [0.4, 0.5) is 11.4 Å². The van der Waals surface area contributed by atoms with Crippen molar-refractivity contribution < 1.29 is 14.3 Å². The van der Waals surface area contributed by atoms with Gasteiger partial charge in [-0.05, 0) is 88.1 Å². The van der Waals surface area contributed by atoms with Crippen molar-refractivity contribution in [3.8, 4) is 5.75 Å². The summed E-state index contributed by atoms with van der Waals surface area (Å²) in [4.78, 5) is 25.5. The number of amides is 2. The van der Waals surface area contributed by atoms with Crippen LogP contribution in [0.5, 0.6) is 5.75 Å². The lowest BCUT2D eigenvalue weighted by Crippen LogP contribution is -2.35. The number of hydrogen-bond acceptors (Lipinski definition) is 3. The van der Waals surface area contributed by atoms with Crippen LogP contribution in [0, 0.1) is 19.3 Å². The summed E-state index contributed by atoms with van der Waals surface area (Å²) in [7, 11) is 0. The first kappa shape index (κ1) is 19.0. The maximum Gasteiger partial charge on any atom is 0.240 e. The number of nitrogens with one attached hydrogen (secondary N) is 2. The van der Waals surface area contributed by atoms with E-state index in [1.165, 1.54) is 0 Å². The first-order valence-corrected chi connectivity index (χ1v) is 9.26. The normalized spacial score (nSPS) is 14.6. The quantitative estimate of drug-likeness (QED) is 0.742. The van der Waals surface area contributed by atoms with Crippen molar-refractivity contribution in [3.05, 3.63) is 53.6 Å². The third-order valence-corrected chi connectivity index (χ3v) is 4.58. The second kappa shape index (κ2) is 7.43. The maximum absolute atomic E-state index is 12.7. The first-order chi connectivity index (χ1) is 12.8. The fourth-order valence-corrected chi connectivity index (χ4v) is 3.12. The Morgan fingerprint density at radius 1 is 0.889 bits per heavy atom. The molecular formula is C22H26N2O3. The highest BCUT2D eigenvalue weighted by Gasteiger charge is 2.56. The molecule has 0 spiro atoms. The molecule has 2 aromatic rings. The second-order valence-corrected chi connectivity index (χ2v) is 7.56. The number of anilines is 2. The standard InChI is InChI=1S/C22H26N2O3/c1-14(2)27-19-7-5-17(6-8-19)23-20(25)22(9-10-22)21(26)24-18-12-15(3)11-16(4)13-18/h5-8,11-14H,9-10H2,1-4H3,(H,23,25)(H,24,26). The smallest absolute Gasteiger partial charge is 0.240 e. The Morgan fingerprint density at radius 3 is 1.89 bits per heavy atom. The Labute approximate surface area is 160 Å². The molecule has 0 bridgehead atoms. The molecule has 142 valence electrons. The number of benzene rings is 2. The maximum atomic E-state index is 12.7. The van der Waals surface area contributed by atoms with Crippen molar-refractivity contribution >= 4 is 23.2 Å². The molecule has 0 atom stereocenters. The van der Waals surface area contributed by atoms with Crippen molar-refractivity contribution in [3.63, 3.8) is 0 Å². The van der Waals surface area contributed by atoms with Crippen molar-refractivity contribution in [1.29, 1.82) is 0 Å². The minimum atomic E-state index is -0.981. The molecule has 0 aromatic heterocycles. The van der Waals surface area contributed by atoms with Crippen LogP contribution in [0.2, 0.25) is 0 Å². The van der Waals surface area contributed by atoms with Gasteiger partial charge in [0.25, 0.3) is 0 Å². The molecule has 0 radical (unpaired) electrons. The van der Waals surface area contributed by atoms with Gasteiger partial charge in [-0.2, -0.15) is 0 Å². The number of carbonyl (C=O) groups is 2. The predicted octanol–water partition coefficient (Wildman–Crippen LogP) is 4.45. The average Bonchev–Trinajstić information content (AvgIpc) is 3.37. The Bertz CT molecular complexity index is 832. The van der Waals surface area contributed by atoms with Gasteiger partial charge in [0, 0.05) is 11.4 Å². The lowest BCUT2D eigenvalue weighted by atomic mass is 10.0. The predicted molar refractivity (Wildman–Crippen MR) is 107 cm³/mol. The zero-order valence-electron chi connectivity index (χ0n) is 16.3. The largest absolute Gasteiger partial charge is 0.491 e. The lowest BCUT2D eigenvalue weighted by Gasteiger charge is -2.16. The lowest BCUT2D eigenvalue weighted by molar-refractivity contribution is -0.131. The van der Waals surface area contributed by atoms with E-state index in [9.17, 15) is 9.59 Å². The van der Waals surface area contributed by atoms with Gasteiger partial charge in [-0.3, -0.25) is 9.59 Å². The van der Waals surface area contributed by atoms with E-state index in [0.717, 1.165) is 22.6 Å². The number of aryl methyl sites for hydroxylation is 2. The van der Waals surface area contributed by atoms with Crippen LogP contribution >= 0.6 is 0 Å². The molecule has 0 unspecified atom stereocenters. The molecular weight excluding hydrogens is 340 g/mol. The molecule has 3 rings (SSSR count). The zero-order valence-corrected chi connectivity index (χ0v) is 16.3. The summed E-state index contributed by atoms with van der Waals surface area (Å²) < 4.78 is 5.60. The molecule has 1 aliphatic carbocycles. The molecule has 5 heteroatoms. The van der Waals surface area contributed by atoms with E-state index in [2.05, 4.69) is 10.6 Å². The third-order valence-electron chi connectivity index (χ3n) is 4.58. The van der Waals surface area contributed by atoms with Gasteiger partial charge < -0.3 is 15.4 Å². The van der Waals surface area contributed by atoms with Gasteiger partial charge in [0.2, 0.25) is 11.8 Å². The Balaban J connectivity index is 1.66. The zero-order chi connectivity index (χ0) is 19.6. The monoisotopic (exact) mass is 366 g/mol. The van der Waals surface area contributed by atoms with Crippen LogP contribution in [-0.2, 0) is 9.59 Å². The molecule has 0 saturated heterocycles. The summed E-state index contributed by atoms with van der Waals surface area (Å²) in [6.45, 7) is 7.88. The van der Waals surface area contributed by atoms with Crippen LogP contribution in [0.15, 0.2) is 42.5 Å². The first-order valence-electron chi connectivity index (χ1n) is 9.26. The van der Waals surface area contributed by atoms with Gasteiger partial charge in [0.15, 0.2) is 0 Å². The molecule has 5 nitrogen and oxygen atoms in total. The van der Waals surface area contributed by atoms with Crippen molar-refractivity contribution in [2.75, 3.05) is 10.6 Å². The summed E-state index contributed by atoms with van der Waals surface area (Å²) in [6, 6.07) is 13.1. The highest BCUT2D eigenvalue weighted by Crippen LogP contribution is 2.47. The molecule has 27 heavy (non-hydrogen) atoms. The molecule has 1 saturated carbocycles. The van der Waals surface area contributed by atoms with Gasteiger partial charge in [-0.1, -0.05) is 6.07 Å². The van der Waals surface area contributed by atoms with Crippen LogP contribution in [0.3, 0.4) is 0 Å². The number of carbonyl (C=O) groups excluding carboxylic acids is 2. The summed E-state index contributed by atoms with van der Waals surface area (Å²) in [6.07, 6.45) is 1.21. The van der Waals surface area contributed by atoms with Gasteiger partial charge in [-0.25, -0.2) is 0 Å². The SMILES string of the molecule is Cc1cc(C)cc(NC(=O)C2(C(=O)Nc3ccc(OC(C)C)cc3)CC2)c1. The third kappa shape index (κ3) is 4.48. The second-order valence-electron chi connectivity index (χ2n) is 7.56. The van der Waals surface area contributed by atoms with Crippen molar-refractivity contribution in [2.45, 2.75) is 46.6 Å². The van der Waals surface area contributed by atoms with Crippen molar-refractivity contribution in [2.24, 2.45) is 5.41 Å². The molecule has 1 fully saturated rings. The Morgan fingerprint density at radius 2 is 1.41 bits per heavy atom. The van der Waals surface area contributed by atoms with E-state index < -0.39 is 5.41 Å². The van der Waals surface area contributed by atoms with Crippen LogP contribution in [0.25, 0.3) is 0 Å². The molecule has 0 heterocycles. The van der Waals surface area contributed by atoms with E-state index in [1.807, 2.05) is 58.0 Å². The van der Waals surface area contributed by atoms with E-state index in [-0.39, 0.29) is 17.9 Å². The molecule has 2 aromatic carbocycles. The van der Waals surface area contributed by atoms with Crippen LogP contribution in [0.1, 0.15) is 37.8 Å². The van der Waals surface area contributed by atoms with Crippen LogP contribution in [-0.4, -0.2) is 17.9 Å². The summed E-state index contributed by atoms with van der Waals surface area (Å²) >= 11 is 0. The van der Waals surface area contributed by atoms with Gasteiger partial charge in [0.1, 0.15) is 11.2 Å². The number of hydrogen-bond donors (Lipinski definition) is 2. The van der Waals surface area contributed by atoms with Gasteiger partial charge in [0.05, 0.1) is 6.10 Å². The highest BCUT2D eigenvalue weighted by molar-refractivity contribution is 6.16. The van der Waals surface area contributed by atoms with Crippen molar-refractivity contribution in [1.82, 2.24) is 0 Å². The average molecular weight is 366 g/mol. The Hall–Kier alpha value is -2.82. The molecule has 2 amide bonds. The summed E-state index contributed by atoms with van der Waals surface area (Å²) in [5.41, 5.74) is 2.55. The van der Waals surface area contributed by atoms with E-state index in [4.69, 9.17) is 4.74 Å². The number of rotatable bonds is 6. The fraction of sp³-hybridized carbons (Fsp3) is 0.364. The molecule has 1 aliphatic rings. The van der Waals surface area contributed by atoms with E-state index >= 15 is 0 Å². The van der Waals surface area contributed by atoms with E-state index in [1.54, 1.807) is 12.1 Å². The number of ether oxygens (including phenoxy) is 1. The highest BCUT2D eigenvalue weighted by atomic mass is 16.5. The minimum absolute atomic E-state index is 0.0918. The summed E-state index contributed by atoms with van der Waals surface area (Å²) in [5, 5.41) is 5.76. The van der Waals surface area contributed by atoms with Gasteiger partial charge in [-0.15, -0.1) is 0 Å². The minimum Gasteiger partial charge on any atom is -0.491 e.